The first kappa shape index (κ1) is 27.8. The highest BCUT2D eigenvalue weighted by Crippen LogP contribution is 2.34. The summed E-state index contributed by atoms with van der Waals surface area (Å²) < 4.78 is 17.1. The second-order valence-corrected chi connectivity index (χ2v) is 10.2. The van der Waals surface area contributed by atoms with Crippen LogP contribution in [0.4, 0.5) is 0 Å². The van der Waals surface area contributed by atoms with E-state index in [4.69, 9.17) is 14.2 Å². The molecule has 2 unspecified atom stereocenters. The Morgan fingerprint density at radius 1 is 1.00 bits per heavy atom. The minimum absolute atomic E-state index is 0.0176. The first-order valence-corrected chi connectivity index (χ1v) is 13.6. The first-order valence-electron chi connectivity index (χ1n) is 12.7. The Kier molecular flexibility index (Phi) is 10.9. The van der Waals surface area contributed by atoms with Gasteiger partial charge in [0.25, 0.3) is 0 Å². The molecule has 1 aliphatic heterocycles. The zero-order chi connectivity index (χ0) is 25.9. The van der Waals surface area contributed by atoms with Crippen molar-refractivity contribution in [1.82, 2.24) is 0 Å². The van der Waals surface area contributed by atoms with Crippen LogP contribution in [0.15, 0.2) is 48.5 Å². The second-order valence-electron chi connectivity index (χ2n) is 9.01. The van der Waals surface area contributed by atoms with Crippen molar-refractivity contribution in [3.63, 3.8) is 0 Å². The van der Waals surface area contributed by atoms with Gasteiger partial charge in [0.2, 0.25) is 0 Å². The smallest absolute Gasteiger partial charge is 0.306 e. The molecule has 0 aromatic heterocycles. The summed E-state index contributed by atoms with van der Waals surface area (Å²) in [6.07, 6.45) is 4.94. The molecule has 0 N–H and O–H groups in total. The maximum atomic E-state index is 12.5. The summed E-state index contributed by atoms with van der Waals surface area (Å²) in [5.41, 5.74) is 1.78. The van der Waals surface area contributed by atoms with Crippen molar-refractivity contribution in [2.45, 2.75) is 70.1 Å². The van der Waals surface area contributed by atoms with Crippen molar-refractivity contribution < 1.29 is 28.6 Å². The van der Waals surface area contributed by atoms with Crippen molar-refractivity contribution in [2.24, 2.45) is 5.92 Å². The van der Waals surface area contributed by atoms with Gasteiger partial charge < -0.3 is 14.2 Å². The van der Waals surface area contributed by atoms with Gasteiger partial charge in [-0.3, -0.25) is 14.4 Å². The maximum Gasteiger partial charge on any atom is 0.306 e. The highest BCUT2D eigenvalue weighted by molar-refractivity contribution is 8.15. The number of carbonyl (C=O) groups excluding carboxylic acids is 3. The Balaban J connectivity index is 1.61. The van der Waals surface area contributed by atoms with Crippen molar-refractivity contribution in [1.29, 1.82) is 0 Å². The molecule has 1 aliphatic rings. The van der Waals surface area contributed by atoms with Gasteiger partial charge in [-0.15, -0.1) is 0 Å². The van der Waals surface area contributed by atoms with Gasteiger partial charge in [0.15, 0.2) is 17.0 Å². The van der Waals surface area contributed by atoms with Gasteiger partial charge in [0, 0.05) is 6.42 Å². The number of hydrogen-bond acceptors (Lipinski definition) is 7. The Bertz CT molecular complexity index is 1020. The molecule has 1 fully saturated rings. The van der Waals surface area contributed by atoms with Crippen LogP contribution in [0, 0.1) is 5.92 Å². The van der Waals surface area contributed by atoms with Crippen LogP contribution in [0.3, 0.4) is 0 Å². The van der Waals surface area contributed by atoms with Crippen LogP contribution in [-0.2, 0) is 25.5 Å². The lowest BCUT2D eigenvalue weighted by Gasteiger charge is -2.20. The number of unbranched alkanes of at least 4 members (excludes halogenated alkanes) is 3. The molecule has 1 heterocycles. The summed E-state index contributed by atoms with van der Waals surface area (Å²) in [6, 6.07) is 15.0. The van der Waals surface area contributed by atoms with Crippen molar-refractivity contribution in [3.05, 3.63) is 59.7 Å². The Labute approximate surface area is 218 Å². The molecule has 3 atom stereocenters. The minimum Gasteiger partial charge on any atom is -0.497 e. The minimum atomic E-state index is -0.567. The van der Waals surface area contributed by atoms with Crippen LogP contribution in [0.25, 0.3) is 0 Å². The fraction of sp³-hybridized carbons (Fsp3) is 0.483. The molecule has 3 rings (SSSR count). The molecule has 0 spiro atoms. The van der Waals surface area contributed by atoms with Crippen LogP contribution < -0.4 is 9.47 Å². The monoisotopic (exact) mass is 512 g/mol. The van der Waals surface area contributed by atoms with E-state index in [9.17, 15) is 14.4 Å². The molecule has 0 saturated carbocycles. The first-order chi connectivity index (χ1) is 17.4. The molecule has 1 saturated heterocycles. The average Bonchev–Trinajstić information content (AvgIpc) is 3.16. The molecular weight excluding hydrogens is 476 g/mol. The zero-order valence-electron chi connectivity index (χ0n) is 21.4. The standard InChI is InChI=1S/C29H36O6S/c1-4-6-7-8-12-27(30)35-25(21-10-9-11-23(18-21)33-3)19-34-22-15-13-20(14-16-22)17-26-28(31)24(5-2)29(32)36-26/h9-11,13-16,18,24-26H,4-8,12,17,19H2,1-3H3/t24?,25-,26?/m0/s1. The second kappa shape index (κ2) is 14.1. The van der Waals surface area contributed by atoms with Crippen LogP contribution in [0.5, 0.6) is 11.5 Å². The molecule has 194 valence electrons. The van der Waals surface area contributed by atoms with Crippen molar-refractivity contribution in [2.75, 3.05) is 13.7 Å². The van der Waals surface area contributed by atoms with Crippen molar-refractivity contribution in [3.8, 4) is 11.5 Å². The predicted octanol–water partition coefficient (Wildman–Crippen LogP) is 6.11. The molecule has 2 aromatic carbocycles. The topological polar surface area (TPSA) is 78.9 Å². The fourth-order valence-corrected chi connectivity index (χ4v) is 5.48. The number of rotatable bonds is 14. The van der Waals surface area contributed by atoms with Crippen LogP contribution in [0.2, 0.25) is 0 Å². The third-order valence-corrected chi connectivity index (χ3v) is 7.53. The number of thioether (sulfide) groups is 1. The summed E-state index contributed by atoms with van der Waals surface area (Å²) >= 11 is 1.16. The lowest BCUT2D eigenvalue weighted by molar-refractivity contribution is -0.151. The highest BCUT2D eigenvalue weighted by Gasteiger charge is 2.40. The van der Waals surface area contributed by atoms with E-state index in [0.29, 0.717) is 30.8 Å². The molecule has 0 radical (unpaired) electrons. The average molecular weight is 513 g/mol. The molecule has 36 heavy (non-hydrogen) atoms. The summed E-state index contributed by atoms with van der Waals surface area (Å²) in [4.78, 5) is 37.0. The van der Waals surface area contributed by atoms with Gasteiger partial charge in [-0.2, -0.15) is 0 Å². The number of esters is 1. The summed E-state index contributed by atoms with van der Waals surface area (Å²) in [5, 5.41) is -0.334. The van der Waals surface area contributed by atoms with Crippen LogP contribution in [-0.4, -0.2) is 35.8 Å². The van der Waals surface area contributed by atoms with E-state index < -0.39 is 12.0 Å². The zero-order valence-corrected chi connectivity index (χ0v) is 22.2. The van der Waals surface area contributed by atoms with Gasteiger partial charge in [-0.1, -0.05) is 69.1 Å². The number of benzene rings is 2. The van der Waals surface area contributed by atoms with E-state index in [1.54, 1.807) is 7.11 Å². The quantitative estimate of drug-likeness (QED) is 0.172. The largest absolute Gasteiger partial charge is 0.497 e. The van der Waals surface area contributed by atoms with E-state index in [1.165, 1.54) is 0 Å². The molecule has 6 nitrogen and oxygen atoms in total. The molecule has 0 aliphatic carbocycles. The van der Waals surface area contributed by atoms with E-state index in [-0.39, 0.29) is 28.7 Å². The van der Waals surface area contributed by atoms with Gasteiger partial charge >= 0.3 is 5.97 Å². The summed E-state index contributed by atoms with van der Waals surface area (Å²) in [5.74, 6) is 0.648. The molecular formula is C29H36O6S. The third-order valence-electron chi connectivity index (χ3n) is 6.33. The van der Waals surface area contributed by atoms with Crippen LogP contribution >= 0.6 is 11.8 Å². The maximum absolute atomic E-state index is 12.5. The van der Waals surface area contributed by atoms with Gasteiger partial charge in [0.05, 0.1) is 18.3 Å². The summed E-state index contributed by atoms with van der Waals surface area (Å²) in [7, 11) is 1.60. The van der Waals surface area contributed by atoms with E-state index >= 15 is 0 Å². The lowest BCUT2D eigenvalue weighted by atomic mass is 9.97. The SMILES string of the molecule is CCCCCCC(=O)O[C@@H](COc1ccc(CC2SC(=O)C(CC)C2=O)cc1)c1cccc(OC)c1. The van der Waals surface area contributed by atoms with Gasteiger partial charge in [-0.05, 0) is 54.7 Å². The number of hydrogen-bond donors (Lipinski definition) is 0. The van der Waals surface area contributed by atoms with Gasteiger partial charge in [-0.25, -0.2) is 0 Å². The molecule has 0 bridgehead atoms. The van der Waals surface area contributed by atoms with Crippen molar-refractivity contribution >= 4 is 28.6 Å². The third kappa shape index (κ3) is 7.85. The Morgan fingerprint density at radius 2 is 1.78 bits per heavy atom. The molecule has 0 amide bonds. The number of methoxy groups -OCH3 is 1. The van der Waals surface area contributed by atoms with E-state index in [0.717, 1.165) is 48.6 Å². The Hall–Kier alpha value is -2.80. The van der Waals surface area contributed by atoms with Crippen LogP contribution in [0.1, 0.15) is 69.6 Å². The Morgan fingerprint density at radius 3 is 2.44 bits per heavy atom. The van der Waals surface area contributed by atoms with E-state index in [2.05, 4.69) is 6.92 Å². The number of ether oxygens (including phenoxy) is 3. The molecule has 7 heteroatoms. The highest BCUT2D eigenvalue weighted by atomic mass is 32.2. The fourth-order valence-electron chi connectivity index (χ4n) is 4.19. The number of ketones is 1. The molecule has 2 aromatic rings. The van der Waals surface area contributed by atoms with Gasteiger partial charge in [0.1, 0.15) is 18.1 Å². The summed E-state index contributed by atoms with van der Waals surface area (Å²) in [6.45, 7) is 4.17. The lowest BCUT2D eigenvalue weighted by Crippen LogP contribution is -2.21. The van der Waals surface area contributed by atoms with E-state index in [1.807, 2.05) is 55.5 Å². The normalized spacial score (nSPS) is 18.2. The number of carbonyl (C=O) groups is 3. The number of Topliss-reactive ketones (excluding diaryl/α,β-unsaturated/α-hetero) is 1. The predicted molar refractivity (Wildman–Crippen MR) is 141 cm³/mol.